The van der Waals surface area contributed by atoms with E-state index in [1.165, 1.54) is 6.07 Å². The highest BCUT2D eigenvalue weighted by molar-refractivity contribution is 5.93. The monoisotopic (exact) mass is 325 g/mol. The van der Waals surface area contributed by atoms with Gasteiger partial charge in [-0.25, -0.2) is 9.37 Å². The van der Waals surface area contributed by atoms with Crippen LogP contribution in [-0.2, 0) is 11.2 Å². The zero-order valence-electron chi connectivity index (χ0n) is 13.8. The van der Waals surface area contributed by atoms with Crippen molar-refractivity contribution in [3.05, 3.63) is 59.7 Å². The lowest BCUT2D eigenvalue weighted by molar-refractivity contribution is -0.116. The first kappa shape index (κ1) is 16.2. The van der Waals surface area contributed by atoms with Crippen LogP contribution in [0.5, 0.6) is 0 Å². The lowest BCUT2D eigenvalue weighted by atomic mass is 10.1. The Morgan fingerprint density at radius 2 is 2.04 bits per heavy atom. The molecule has 0 unspecified atom stereocenters. The average Bonchev–Trinajstić information content (AvgIpc) is 2.90. The number of hydrogen-bond acceptors (Lipinski definition) is 2. The van der Waals surface area contributed by atoms with E-state index in [1.54, 1.807) is 12.1 Å². The van der Waals surface area contributed by atoms with Crippen LogP contribution in [0.25, 0.3) is 11.0 Å². The molecule has 3 rings (SSSR count). The van der Waals surface area contributed by atoms with Crippen LogP contribution in [0.1, 0.15) is 31.7 Å². The van der Waals surface area contributed by atoms with E-state index in [-0.39, 0.29) is 11.7 Å². The van der Waals surface area contributed by atoms with E-state index in [4.69, 9.17) is 0 Å². The third-order valence-corrected chi connectivity index (χ3v) is 3.72. The molecule has 0 saturated heterocycles. The fourth-order valence-electron chi connectivity index (χ4n) is 2.63. The number of carbonyl (C=O) groups excluding carboxylic acids is 1. The van der Waals surface area contributed by atoms with E-state index in [9.17, 15) is 9.18 Å². The van der Waals surface area contributed by atoms with Crippen LogP contribution in [0, 0.1) is 11.7 Å². The van der Waals surface area contributed by atoms with Crippen molar-refractivity contribution < 1.29 is 9.18 Å². The van der Waals surface area contributed by atoms with Crippen LogP contribution in [0.3, 0.4) is 0 Å². The summed E-state index contributed by atoms with van der Waals surface area (Å²) in [4.78, 5) is 19.5. The Labute approximate surface area is 140 Å². The van der Waals surface area contributed by atoms with Crippen molar-refractivity contribution in [2.75, 3.05) is 5.32 Å². The van der Waals surface area contributed by atoms with Gasteiger partial charge in [0, 0.05) is 18.5 Å². The van der Waals surface area contributed by atoms with Gasteiger partial charge in [-0.1, -0.05) is 32.0 Å². The van der Waals surface area contributed by atoms with Gasteiger partial charge in [-0.3, -0.25) is 4.79 Å². The average molecular weight is 325 g/mol. The van der Waals surface area contributed by atoms with Gasteiger partial charge < -0.3 is 10.3 Å². The number of aromatic nitrogens is 2. The van der Waals surface area contributed by atoms with Crippen LogP contribution in [0.15, 0.2) is 42.5 Å². The molecule has 0 spiro atoms. The summed E-state index contributed by atoms with van der Waals surface area (Å²) in [5.41, 5.74) is 2.95. The lowest BCUT2D eigenvalue weighted by Crippen LogP contribution is -2.13. The van der Waals surface area contributed by atoms with Crippen molar-refractivity contribution in [1.82, 2.24) is 9.97 Å². The molecule has 0 aliphatic carbocycles. The molecule has 0 fully saturated rings. The molecule has 1 aromatic heterocycles. The molecule has 0 saturated carbocycles. The second kappa shape index (κ2) is 6.83. The molecule has 1 heterocycles. The predicted molar refractivity (Wildman–Crippen MR) is 93.4 cm³/mol. The minimum Gasteiger partial charge on any atom is -0.342 e. The Balaban J connectivity index is 1.79. The van der Waals surface area contributed by atoms with Crippen molar-refractivity contribution in [1.29, 1.82) is 0 Å². The zero-order valence-corrected chi connectivity index (χ0v) is 13.8. The van der Waals surface area contributed by atoms with Crippen molar-refractivity contribution >= 4 is 22.6 Å². The number of benzene rings is 2. The molecular formula is C19H20FN3O. The van der Waals surface area contributed by atoms with Gasteiger partial charge >= 0.3 is 0 Å². The topological polar surface area (TPSA) is 57.8 Å². The summed E-state index contributed by atoms with van der Waals surface area (Å²) in [5.74, 6) is 0.768. The van der Waals surface area contributed by atoms with Gasteiger partial charge in [-0.05, 0) is 35.7 Å². The largest absolute Gasteiger partial charge is 0.342 e. The molecule has 24 heavy (non-hydrogen) atoms. The number of anilines is 1. The Kier molecular flexibility index (Phi) is 4.60. The van der Waals surface area contributed by atoms with Crippen LogP contribution in [-0.4, -0.2) is 15.9 Å². The van der Waals surface area contributed by atoms with Gasteiger partial charge in [0.2, 0.25) is 5.91 Å². The molecule has 2 N–H and O–H groups in total. The number of H-pyrrole nitrogens is 1. The molecular weight excluding hydrogens is 305 g/mol. The summed E-state index contributed by atoms with van der Waals surface area (Å²) in [5, 5.41) is 2.89. The van der Waals surface area contributed by atoms with Crippen molar-refractivity contribution in [3.63, 3.8) is 0 Å². The third kappa shape index (κ3) is 3.79. The number of carbonyl (C=O) groups is 1. The Bertz CT molecular complexity index is 870. The van der Waals surface area contributed by atoms with E-state index in [0.717, 1.165) is 16.7 Å². The van der Waals surface area contributed by atoms with Gasteiger partial charge in [0.15, 0.2) is 0 Å². The first-order valence-corrected chi connectivity index (χ1v) is 8.03. The summed E-state index contributed by atoms with van der Waals surface area (Å²) in [6.07, 6.45) is 0.885. The first-order valence-electron chi connectivity index (χ1n) is 8.03. The maximum absolute atomic E-state index is 13.8. The molecule has 1 amide bonds. The minimum atomic E-state index is -0.236. The van der Waals surface area contributed by atoms with Crippen molar-refractivity contribution in [2.45, 2.75) is 26.7 Å². The Hall–Kier alpha value is -2.69. The number of rotatable bonds is 5. The third-order valence-electron chi connectivity index (χ3n) is 3.72. The van der Waals surface area contributed by atoms with Gasteiger partial charge in [0.05, 0.1) is 11.0 Å². The Morgan fingerprint density at radius 1 is 1.25 bits per heavy atom. The highest BCUT2D eigenvalue weighted by atomic mass is 19.1. The smallest absolute Gasteiger partial charge is 0.224 e. The SMILES string of the molecule is CC(C)CC(=O)Nc1ccc2nc(Cc3ccccc3F)[nH]c2c1. The number of fused-ring (bicyclic) bond motifs is 1. The lowest BCUT2D eigenvalue weighted by Gasteiger charge is -2.06. The molecule has 0 aliphatic heterocycles. The number of aromatic amines is 1. The summed E-state index contributed by atoms with van der Waals surface area (Å²) in [7, 11) is 0. The molecule has 0 aliphatic rings. The maximum Gasteiger partial charge on any atom is 0.224 e. The van der Waals surface area contributed by atoms with E-state index >= 15 is 0 Å². The standard InChI is InChI=1S/C19H20FN3O/c1-12(2)9-19(24)21-14-7-8-16-17(11-14)23-18(22-16)10-13-5-3-4-6-15(13)20/h3-8,11-12H,9-10H2,1-2H3,(H,21,24)(H,22,23). The van der Waals surface area contributed by atoms with Crippen molar-refractivity contribution in [3.8, 4) is 0 Å². The predicted octanol–water partition coefficient (Wildman–Crippen LogP) is 4.28. The fourth-order valence-corrected chi connectivity index (χ4v) is 2.63. The normalized spacial score (nSPS) is 11.2. The van der Waals surface area contributed by atoms with E-state index in [0.29, 0.717) is 30.1 Å². The van der Waals surface area contributed by atoms with Crippen LogP contribution in [0.2, 0.25) is 0 Å². The number of amides is 1. The summed E-state index contributed by atoms with van der Waals surface area (Å²) >= 11 is 0. The maximum atomic E-state index is 13.8. The van der Waals surface area contributed by atoms with Crippen molar-refractivity contribution in [2.24, 2.45) is 5.92 Å². The molecule has 3 aromatic rings. The minimum absolute atomic E-state index is 0.00422. The molecule has 5 heteroatoms. The Morgan fingerprint density at radius 3 is 2.79 bits per heavy atom. The summed E-state index contributed by atoms with van der Waals surface area (Å²) in [6.45, 7) is 4.01. The molecule has 0 radical (unpaired) electrons. The van der Waals surface area contributed by atoms with Crippen LogP contribution < -0.4 is 5.32 Å². The van der Waals surface area contributed by atoms with E-state index < -0.39 is 0 Å². The highest BCUT2D eigenvalue weighted by Gasteiger charge is 2.09. The fraction of sp³-hybridized carbons (Fsp3) is 0.263. The number of halogens is 1. The zero-order chi connectivity index (χ0) is 17.1. The quantitative estimate of drug-likeness (QED) is 0.735. The van der Waals surface area contributed by atoms with Crippen LogP contribution in [0.4, 0.5) is 10.1 Å². The number of hydrogen-bond donors (Lipinski definition) is 2. The van der Waals surface area contributed by atoms with E-state index in [2.05, 4.69) is 15.3 Å². The first-order chi connectivity index (χ1) is 11.5. The van der Waals surface area contributed by atoms with Crippen LogP contribution >= 0.6 is 0 Å². The highest BCUT2D eigenvalue weighted by Crippen LogP contribution is 2.20. The number of nitrogens with zero attached hydrogens (tertiary/aromatic N) is 1. The van der Waals surface area contributed by atoms with Gasteiger partial charge in [-0.15, -0.1) is 0 Å². The molecule has 0 atom stereocenters. The molecule has 124 valence electrons. The number of imidazole rings is 1. The molecule has 0 bridgehead atoms. The van der Waals surface area contributed by atoms with Gasteiger partial charge in [-0.2, -0.15) is 0 Å². The van der Waals surface area contributed by atoms with Gasteiger partial charge in [0.1, 0.15) is 11.6 Å². The summed E-state index contributed by atoms with van der Waals surface area (Å²) < 4.78 is 13.8. The molecule has 2 aromatic carbocycles. The summed E-state index contributed by atoms with van der Waals surface area (Å²) in [6, 6.07) is 12.2. The van der Waals surface area contributed by atoms with E-state index in [1.807, 2.05) is 38.1 Å². The number of nitrogens with one attached hydrogen (secondary N) is 2. The molecule has 4 nitrogen and oxygen atoms in total. The van der Waals surface area contributed by atoms with Gasteiger partial charge in [0.25, 0.3) is 0 Å². The second-order valence-corrected chi connectivity index (χ2v) is 6.33. The second-order valence-electron chi connectivity index (χ2n) is 6.33.